The van der Waals surface area contributed by atoms with Crippen LogP contribution in [0, 0.1) is 17.0 Å². The second-order valence-electron chi connectivity index (χ2n) is 3.82. The molecule has 0 heterocycles. The van der Waals surface area contributed by atoms with Gasteiger partial charge in [0.25, 0.3) is 5.69 Å². The number of aliphatic carboxylic acids is 1. The minimum absolute atomic E-state index is 0.0598. The van der Waals surface area contributed by atoms with E-state index in [0.29, 0.717) is 11.3 Å². The third kappa shape index (κ3) is 3.89. The maximum Gasteiger partial charge on any atom is 0.328 e. The van der Waals surface area contributed by atoms with E-state index in [9.17, 15) is 14.9 Å². The lowest BCUT2D eigenvalue weighted by Gasteiger charge is -2.08. The van der Waals surface area contributed by atoms with Crippen molar-refractivity contribution in [3.63, 3.8) is 0 Å². The Hall–Kier alpha value is -2.37. The summed E-state index contributed by atoms with van der Waals surface area (Å²) in [4.78, 5) is 20.5. The zero-order valence-corrected chi connectivity index (χ0v) is 10.0. The van der Waals surface area contributed by atoms with Crippen molar-refractivity contribution < 1.29 is 19.6 Å². The molecule has 0 amide bonds. The van der Waals surface area contributed by atoms with Crippen LogP contribution in [-0.2, 0) is 4.79 Å². The molecule has 6 heteroatoms. The number of hydrogen-bond acceptors (Lipinski definition) is 4. The molecule has 0 atom stereocenters. The number of nitrogens with zero attached hydrogens (tertiary/aromatic N) is 1. The Morgan fingerprint density at radius 3 is 2.78 bits per heavy atom. The van der Waals surface area contributed by atoms with E-state index >= 15 is 0 Å². The first-order chi connectivity index (χ1) is 8.40. The van der Waals surface area contributed by atoms with Crippen LogP contribution in [-0.4, -0.2) is 22.6 Å². The quantitative estimate of drug-likeness (QED) is 0.492. The Morgan fingerprint density at radius 1 is 1.56 bits per heavy atom. The van der Waals surface area contributed by atoms with Crippen LogP contribution in [0.1, 0.15) is 12.5 Å². The van der Waals surface area contributed by atoms with Gasteiger partial charge in [-0.05, 0) is 31.1 Å². The molecule has 0 spiro atoms. The molecular weight excluding hydrogens is 238 g/mol. The van der Waals surface area contributed by atoms with E-state index in [4.69, 9.17) is 9.84 Å². The molecule has 1 N–H and O–H groups in total. The topological polar surface area (TPSA) is 89.7 Å². The van der Waals surface area contributed by atoms with Crippen molar-refractivity contribution in [1.29, 1.82) is 0 Å². The summed E-state index contributed by atoms with van der Waals surface area (Å²) in [5.41, 5.74) is 1.22. The summed E-state index contributed by atoms with van der Waals surface area (Å²) in [6.07, 6.45) is 1.03. The maximum atomic E-state index is 10.6. The van der Waals surface area contributed by atoms with Crippen molar-refractivity contribution in [1.82, 2.24) is 0 Å². The van der Waals surface area contributed by atoms with Crippen LogP contribution in [0.3, 0.4) is 0 Å². The maximum absolute atomic E-state index is 10.6. The average molecular weight is 251 g/mol. The summed E-state index contributed by atoms with van der Waals surface area (Å²) in [7, 11) is 0. The van der Waals surface area contributed by atoms with E-state index in [-0.39, 0.29) is 12.3 Å². The molecule has 0 saturated carbocycles. The monoisotopic (exact) mass is 251 g/mol. The molecule has 96 valence electrons. The number of carbonyl (C=O) groups is 1. The van der Waals surface area contributed by atoms with Gasteiger partial charge in [0.2, 0.25) is 0 Å². The van der Waals surface area contributed by atoms with Gasteiger partial charge in [-0.25, -0.2) is 4.79 Å². The number of hydrogen-bond donors (Lipinski definition) is 1. The summed E-state index contributed by atoms with van der Waals surface area (Å²) < 4.78 is 5.35. The fourth-order valence-corrected chi connectivity index (χ4v) is 1.30. The van der Waals surface area contributed by atoms with Gasteiger partial charge in [-0.15, -0.1) is 0 Å². The number of carboxylic acid groups (broad SMARTS) is 1. The van der Waals surface area contributed by atoms with Crippen molar-refractivity contribution in [2.75, 3.05) is 6.61 Å². The number of rotatable bonds is 5. The van der Waals surface area contributed by atoms with E-state index in [0.717, 1.165) is 11.6 Å². The molecule has 0 fully saturated rings. The Balaban J connectivity index is 2.81. The number of nitro benzene ring substituents is 1. The first kappa shape index (κ1) is 13.7. The zero-order chi connectivity index (χ0) is 13.7. The number of carboxylic acids is 1. The Labute approximate surface area is 104 Å². The Bertz CT molecular complexity index is 507. The van der Waals surface area contributed by atoms with Crippen molar-refractivity contribution in [3.05, 3.63) is 45.5 Å². The second-order valence-corrected chi connectivity index (χ2v) is 3.82. The van der Waals surface area contributed by atoms with Crippen LogP contribution in [0.25, 0.3) is 0 Å². The number of ether oxygens (including phenoxy) is 1. The fourth-order valence-electron chi connectivity index (χ4n) is 1.30. The highest BCUT2D eigenvalue weighted by molar-refractivity contribution is 5.80. The second kappa shape index (κ2) is 5.81. The molecule has 0 aromatic heterocycles. The number of benzene rings is 1. The zero-order valence-electron chi connectivity index (χ0n) is 10.0. The van der Waals surface area contributed by atoms with Gasteiger partial charge in [-0.3, -0.25) is 10.1 Å². The van der Waals surface area contributed by atoms with Gasteiger partial charge >= 0.3 is 5.97 Å². The average Bonchev–Trinajstić information content (AvgIpc) is 2.26. The number of nitro groups is 1. The van der Waals surface area contributed by atoms with Gasteiger partial charge in [-0.2, -0.15) is 0 Å². The van der Waals surface area contributed by atoms with Gasteiger partial charge in [0.05, 0.1) is 11.0 Å². The molecule has 0 radical (unpaired) electrons. The van der Waals surface area contributed by atoms with E-state index in [1.165, 1.54) is 12.1 Å². The lowest BCUT2D eigenvalue weighted by atomic mass is 10.2. The lowest BCUT2D eigenvalue weighted by Crippen LogP contribution is -2.03. The molecule has 1 aromatic carbocycles. The molecule has 0 aliphatic carbocycles. The van der Waals surface area contributed by atoms with Crippen LogP contribution in [0.4, 0.5) is 5.69 Å². The molecular formula is C12H13NO5. The van der Waals surface area contributed by atoms with Gasteiger partial charge in [0.15, 0.2) is 0 Å². The number of aryl methyl sites for hydroxylation is 1. The Morgan fingerprint density at radius 2 is 2.22 bits per heavy atom. The lowest BCUT2D eigenvalue weighted by molar-refractivity contribution is -0.384. The smallest absolute Gasteiger partial charge is 0.328 e. The molecule has 0 aliphatic heterocycles. The molecule has 0 aliphatic rings. The molecule has 0 bridgehead atoms. The predicted octanol–water partition coefficient (Wildman–Crippen LogP) is 2.31. The molecule has 0 unspecified atom stereocenters. The Kier molecular flexibility index (Phi) is 4.42. The predicted molar refractivity (Wildman–Crippen MR) is 64.7 cm³/mol. The highest BCUT2D eigenvalue weighted by atomic mass is 16.6. The molecule has 0 saturated heterocycles. The summed E-state index contributed by atoms with van der Waals surface area (Å²) in [5.74, 6) is -0.672. The van der Waals surface area contributed by atoms with Crippen molar-refractivity contribution in [2.45, 2.75) is 13.8 Å². The van der Waals surface area contributed by atoms with Gasteiger partial charge in [0, 0.05) is 12.1 Å². The van der Waals surface area contributed by atoms with E-state index in [1.807, 2.05) is 0 Å². The van der Waals surface area contributed by atoms with Crippen molar-refractivity contribution >= 4 is 11.7 Å². The molecule has 1 aromatic rings. The molecule has 18 heavy (non-hydrogen) atoms. The van der Waals surface area contributed by atoms with Crippen molar-refractivity contribution in [3.8, 4) is 5.75 Å². The van der Waals surface area contributed by atoms with Crippen LogP contribution in [0.2, 0.25) is 0 Å². The summed E-state index contributed by atoms with van der Waals surface area (Å²) in [6.45, 7) is 3.45. The minimum atomic E-state index is -1.05. The third-order valence-corrected chi connectivity index (χ3v) is 2.21. The summed E-state index contributed by atoms with van der Waals surface area (Å²) in [6, 6.07) is 4.30. The molecule has 1 rings (SSSR count). The van der Waals surface area contributed by atoms with E-state index in [2.05, 4.69) is 0 Å². The standard InChI is InChI=1S/C12H13NO5/c1-8(5-12(14)15)7-18-11-6-10(13(16)17)4-3-9(11)2/h3-6H,7H2,1-2H3,(H,14,15). The van der Waals surface area contributed by atoms with Crippen LogP contribution >= 0.6 is 0 Å². The minimum Gasteiger partial charge on any atom is -0.489 e. The van der Waals surface area contributed by atoms with Crippen LogP contribution in [0.5, 0.6) is 5.75 Å². The first-order valence-corrected chi connectivity index (χ1v) is 5.18. The highest BCUT2D eigenvalue weighted by Gasteiger charge is 2.09. The largest absolute Gasteiger partial charge is 0.489 e. The van der Waals surface area contributed by atoms with Crippen LogP contribution < -0.4 is 4.74 Å². The summed E-state index contributed by atoms with van der Waals surface area (Å²) >= 11 is 0. The van der Waals surface area contributed by atoms with E-state index in [1.54, 1.807) is 19.9 Å². The van der Waals surface area contributed by atoms with Crippen molar-refractivity contribution in [2.24, 2.45) is 0 Å². The summed E-state index contributed by atoms with van der Waals surface area (Å²) in [5, 5.41) is 19.1. The highest BCUT2D eigenvalue weighted by Crippen LogP contribution is 2.24. The SMILES string of the molecule is CC(=CC(=O)O)COc1cc([N+](=O)[O-])ccc1C. The first-order valence-electron chi connectivity index (χ1n) is 5.18. The van der Waals surface area contributed by atoms with Crippen LogP contribution in [0.15, 0.2) is 29.8 Å². The van der Waals surface area contributed by atoms with E-state index < -0.39 is 10.9 Å². The normalized spacial score (nSPS) is 11.1. The van der Waals surface area contributed by atoms with Gasteiger partial charge < -0.3 is 9.84 Å². The molecule has 6 nitrogen and oxygen atoms in total. The third-order valence-electron chi connectivity index (χ3n) is 2.21. The number of non-ortho nitro benzene ring substituents is 1. The van der Waals surface area contributed by atoms with Gasteiger partial charge in [0.1, 0.15) is 12.4 Å². The fraction of sp³-hybridized carbons (Fsp3) is 0.250. The van der Waals surface area contributed by atoms with Gasteiger partial charge in [-0.1, -0.05) is 0 Å².